The Morgan fingerprint density at radius 3 is 1.75 bits per heavy atom. The first-order valence-electron chi connectivity index (χ1n) is 7.16. The molecule has 0 heterocycles. The Labute approximate surface area is 122 Å². The zero-order valence-electron chi connectivity index (χ0n) is 12.3. The molecule has 2 aromatic carbocycles. The predicted octanol–water partition coefficient (Wildman–Crippen LogP) is 4.29. The summed E-state index contributed by atoms with van der Waals surface area (Å²) in [5.41, 5.74) is 10.0. The smallest absolute Gasteiger partial charge is 0.0361 e. The molecule has 20 heavy (non-hydrogen) atoms. The number of rotatable bonds is 5. The first-order valence-corrected chi connectivity index (χ1v) is 7.16. The monoisotopic (exact) mass is 265 g/mol. The fourth-order valence-corrected chi connectivity index (χ4v) is 2.77. The first kappa shape index (κ1) is 14.5. The lowest BCUT2D eigenvalue weighted by atomic mass is 9.70. The van der Waals surface area contributed by atoms with Crippen LogP contribution in [0, 0.1) is 0 Å². The van der Waals surface area contributed by atoms with Gasteiger partial charge in [-0.3, -0.25) is 0 Å². The van der Waals surface area contributed by atoms with E-state index >= 15 is 0 Å². The van der Waals surface area contributed by atoms with Gasteiger partial charge in [0.15, 0.2) is 0 Å². The van der Waals surface area contributed by atoms with Crippen LogP contribution in [0.4, 0.5) is 0 Å². The summed E-state index contributed by atoms with van der Waals surface area (Å²) in [5, 5.41) is 0. The molecule has 0 amide bonds. The van der Waals surface area contributed by atoms with Crippen molar-refractivity contribution in [1.82, 2.24) is 0 Å². The summed E-state index contributed by atoms with van der Waals surface area (Å²) in [7, 11) is 0. The van der Waals surface area contributed by atoms with Gasteiger partial charge in [-0.2, -0.15) is 0 Å². The van der Waals surface area contributed by atoms with Gasteiger partial charge >= 0.3 is 0 Å². The molecule has 0 saturated carbocycles. The molecule has 0 saturated heterocycles. The molecule has 0 atom stereocenters. The van der Waals surface area contributed by atoms with Crippen LogP contribution in [0.15, 0.2) is 72.3 Å². The molecular formula is C19H23N. The molecule has 1 nitrogen and oxygen atoms in total. The summed E-state index contributed by atoms with van der Waals surface area (Å²) in [4.78, 5) is 0. The number of hydrogen-bond donors (Lipinski definition) is 1. The van der Waals surface area contributed by atoms with E-state index in [1.807, 2.05) is 0 Å². The average Bonchev–Trinajstić information content (AvgIpc) is 2.54. The van der Waals surface area contributed by atoms with Gasteiger partial charge in [-0.15, -0.1) is 0 Å². The minimum absolute atomic E-state index is 0.140. The molecule has 2 rings (SSSR count). The SMILES string of the molecule is C/C=C(\C)CC(CN)(c1ccccc1)c1ccccc1. The third kappa shape index (κ3) is 2.83. The molecule has 1 heteroatoms. The largest absolute Gasteiger partial charge is 0.329 e. The Bertz CT molecular complexity index is 515. The normalized spacial score (nSPS) is 12.4. The van der Waals surface area contributed by atoms with E-state index in [9.17, 15) is 0 Å². The van der Waals surface area contributed by atoms with Gasteiger partial charge in [-0.1, -0.05) is 72.3 Å². The topological polar surface area (TPSA) is 26.0 Å². The van der Waals surface area contributed by atoms with Gasteiger partial charge in [0, 0.05) is 12.0 Å². The van der Waals surface area contributed by atoms with E-state index < -0.39 is 0 Å². The first-order chi connectivity index (χ1) is 9.73. The molecule has 0 aliphatic rings. The van der Waals surface area contributed by atoms with E-state index in [0.717, 1.165) is 6.42 Å². The van der Waals surface area contributed by atoms with Gasteiger partial charge in [0.2, 0.25) is 0 Å². The van der Waals surface area contributed by atoms with E-state index in [1.54, 1.807) is 0 Å². The fraction of sp³-hybridized carbons (Fsp3) is 0.263. The van der Waals surface area contributed by atoms with Crippen molar-refractivity contribution in [2.45, 2.75) is 25.7 Å². The van der Waals surface area contributed by atoms with Crippen molar-refractivity contribution in [3.05, 3.63) is 83.4 Å². The van der Waals surface area contributed by atoms with E-state index in [2.05, 4.69) is 80.6 Å². The second-order valence-corrected chi connectivity index (χ2v) is 5.33. The number of hydrogen-bond acceptors (Lipinski definition) is 1. The van der Waals surface area contributed by atoms with Gasteiger partial charge in [-0.25, -0.2) is 0 Å². The molecule has 0 aromatic heterocycles. The molecule has 0 unspecified atom stereocenters. The van der Waals surface area contributed by atoms with Gasteiger partial charge < -0.3 is 5.73 Å². The van der Waals surface area contributed by atoms with Crippen molar-refractivity contribution in [1.29, 1.82) is 0 Å². The van der Waals surface area contributed by atoms with Crippen molar-refractivity contribution in [3.8, 4) is 0 Å². The van der Waals surface area contributed by atoms with Gasteiger partial charge in [-0.05, 0) is 31.4 Å². The minimum atomic E-state index is -0.140. The zero-order valence-corrected chi connectivity index (χ0v) is 12.3. The van der Waals surface area contributed by atoms with Crippen LogP contribution >= 0.6 is 0 Å². The molecule has 0 spiro atoms. The molecule has 0 radical (unpaired) electrons. The second kappa shape index (κ2) is 6.53. The van der Waals surface area contributed by atoms with Crippen LogP contribution in [0.5, 0.6) is 0 Å². The highest BCUT2D eigenvalue weighted by Crippen LogP contribution is 2.37. The van der Waals surface area contributed by atoms with Crippen molar-refractivity contribution in [2.24, 2.45) is 5.73 Å². The lowest BCUT2D eigenvalue weighted by Crippen LogP contribution is -2.36. The van der Waals surface area contributed by atoms with E-state index in [-0.39, 0.29) is 5.41 Å². The lowest BCUT2D eigenvalue weighted by molar-refractivity contribution is 0.519. The van der Waals surface area contributed by atoms with Gasteiger partial charge in [0.25, 0.3) is 0 Å². The summed E-state index contributed by atoms with van der Waals surface area (Å²) >= 11 is 0. The minimum Gasteiger partial charge on any atom is -0.329 e. The Kier molecular flexibility index (Phi) is 4.75. The molecule has 104 valence electrons. The Morgan fingerprint density at radius 2 is 1.40 bits per heavy atom. The Hall–Kier alpha value is -1.86. The quantitative estimate of drug-likeness (QED) is 0.802. The maximum Gasteiger partial charge on any atom is 0.0361 e. The Morgan fingerprint density at radius 1 is 0.950 bits per heavy atom. The van der Waals surface area contributed by atoms with Crippen LogP contribution < -0.4 is 5.73 Å². The van der Waals surface area contributed by atoms with Crippen molar-refractivity contribution >= 4 is 0 Å². The summed E-state index contributed by atoms with van der Waals surface area (Å²) in [5.74, 6) is 0. The van der Waals surface area contributed by atoms with E-state index in [1.165, 1.54) is 16.7 Å². The number of nitrogens with two attached hydrogens (primary N) is 1. The summed E-state index contributed by atoms with van der Waals surface area (Å²) in [6, 6.07) is 21.2. The highest BCUT2D eigenvalue weighted by Gasteiger charge is 2.32. The standard InChI is InChI=1S/C19H23N/c1-3-16(2)14-19(15-20,17-10-6-4-7-11-17)18-12-8-5-9-13-18/h3-13H,14-15,20H2,1-2H3/b16-3+. The van der Waals surface area contributed by atoms with E-state index in [0.29, 0.717) is 6.54 Å². The highest BCUT2D eigenvalue weighted by molar-refractivity contribution is 5.41. The number of allylic oxidation sites excluding steroid dienone is 2. The van der Waals surface area contributed by atoms with Crippen molar-refractivity contribution in [3.63, 3.8) is 0 Å². The van der Waals surface area contributed by atoms with E-state index in [4.69, 9.17) is 5.73 Å². The second-order valence-electron chi connectivity index (χ2n) is 5.33. The lowest BCUT2D eigenvalue weighted by Gasteiger charge is -2.34. The van der Waals surface area contributed by atoms with Crippen molar-refractivity contribution < 1.29 is 0 Å². The molecule has 2 aromatic rings. The van der Waals surface area contributed by atoms with Crippen LogP contribution in [-0.4, -0.2) is 6.54 Å². The van der Waals surface area contributed by atoms with Crippen LogP contribution in [-0.2, 0) is 5.41 Å². The maximum atomic E-state index is 6.25. The van der Waals surface area contributed by atoms with Crippen molar-refractivity contribution in [2.75, 3.05) is 6.54 Å². The summed E-state index contributed by atoms with van der Waals surface area (Å²) < 4.78 is 0. The summed E-state index contributed by atoms with van der Waals surface area (Å²) in [6.45, 7) is 4.87. The van der Waals surface area contributed by atoms with Gasteiger partial charge in [0.1, 0.15) is 0 Å². The fourth-order valence-electron chi connectivity index (χ4n) is 2.77. The third-order valence-electron chi connectivity index (χ3n) is 4.07. The van der Waals surface area contributed by atoms with Crippen LogP contribution in [0.1, 0.15) is 31.4 Å². The summed E-state index contributed by atoms with van der Waals surface area (Å²) in [6.07, 6.45) is 3.13. The molecule has 0 bridgehead atoms. The molecule has 0 fully saturated rings. The predicted molar refractivity (Wildman–Crippen MR) is 86.8 cm³/mol. The molecule has 2 N–H and O–H groups in total. The third-order valence-corrected chi connectivity index (χ3v) is 4.07. The van der Waals surface area contributed by atoms with Gasteiger partial charge in [0.05, 0.1) is 0 Å². The molecular weight excluding hydrogens is 242 g/mol. The molecule has 0 aliphatic carbocycles. The highest BCUT2D eigenvalue weighted by atomic mass is 14.6. The Balaban J connectivity index is 2.58. The maximum absolute atomic E-state index is 6.25. The number of benzene rings is 2. The zero-order chi connectivity index (χ0) is 14.4. The molecule has 0 aliphatic heterocycles. The van der Waals surface area contributed by atoms with Crippen LogP contribution in [0.2, 0.25) is 0 Å². The van der Waals surface area contributed by atoms with Crippen LogP contribution in [0.25, 0.3) is 0 Å². The van der Waals surface area contributed by atoms with Crippen LogP contribution in [0.3, 0.4) is 0 Å². The average molecular weight is 265 g/mol.